The van der Waals surface area contributed by atoms with E-state index in [4.69, 9.17) is 4.52 Å². The molecule has 0 atom stereocenters. The Hall–Kier alpha value is -3.52. The van der Waals surface area contributed by atoms with Crippen LogP contribution >= 0.6 is 0 Å². The van der Waals surface area contributed by atoms with Gasteiger partial charge in [-0.3, -0.25) is 9.69 Å². The number of benzene rings is 2. The number of hydrogen-bond acceptors (Lipinski definition) is 6. The standard InChI is InChI=1S/C26H30N6O2/c1-19-8-10-20(11-9-19)26-29-24(34-30-26)7-4-14-31-15-17-32(18-16-31)25(33)13-12-23-27-21-5-2-3-6-22(21)28-23/h2-3,5-6,8-11H,4,7,12-18H2,1H3,(H,27,28). The largest absolute Gasteiger partial charge is 0.342 e. The summed E-state index contributed by atoms with van der Waals surface area (Å²) in [7, 11) is 0. The Morgan fingerprint density at radius 2 is 1.79 bits per heavy atom. The Balaban J connectivity index is 1.02. The number of amides is 1. The molecule has 3 heterocycles. The van der Waals surface area contributed by atoms with E-state index in [2.05, 4.69) is 44.1 Å². The van der Waals surface area contributed by atoms with Gasteiger partial charge >= 0.3 is 0 Å². The summed E-state index contributed by atoms with van der Waals surface area (Å²) in [5.74, 6) is 2.40. The van der Waals surface area contributed by atoms with Gasteiger partial charge in [0.05, 0.1) is 11.0 Å². The zero-order valence-electron chi connectivity index (χ0n) is 19.5. The van der Waals surface area contributed by atoms with Crippen LogP contribution in [-0.2, 0) is 17.6 Å². The highest BCUT2D eigenvalue weighted by atomic mass is 16.5. The lowest BCUT2D eigenvalue weighted by Crippen LogP contribution is -2.48. The van der Waals surface area contributed by atoms with Gasteiger partial charge in [-0.1, -0.05) is 47.1 Å². The van der Waals surface area contributed by atoms with Gasteiger partial charge in [-0.05, 0) is 32.0 Å². The molecule has 1 aliphatic heterocycles. The maximum Gasteiger partial charge on any atom is 0.227 e. The smallest absolute Gasteiger partial charge is 0.227 e. The number of para-hydroxylation sites is 2. The molecule has 0 bridgehead atoms. The average molecular weight is 459 g/mol. The fraction of sp³-hybridized carbons (Fsp3) is 0.385. The lowest BCUT2D eigenvalue weighted by atomic mass is 10.1. The minimum atomic E-state index is 0.203. The molecule has 0 unspecified atom stereocenters. The first-order valence-corrected chi connectivity index (χ1v) is 12.0. The number of H-pyrrole nitrogens is 1. The molecule has 0 radical (unpaired) electrons. The summed E-state index contributed by atoms with van der Waals surface area (Å²) in [4.78, 5) is 29.5. The molecule has 8 nitrogen and oxygen atoms in total. The van der Waals surface area contributed by atoms with E-state index < -0.39 is 0 Å². The first-order chi connectivity index (χ1) is 16.6. The Bertz CT molecular complexity index is 1200. The summed E-state index contributed by atoms with van der Waals surface area (Å²) in [6.07, 6.45) is 2.84. The van der Waals surface area contributed by atoms with E-state index in [1.165, 1.54) is 5.56 Å². The van der Waals surface area contributed by atoms with Crippen LogP contribution in [0.5, 0.6) is 0 Å². The van der Waals surface area contributed by atoms with E-state index in [1.54, 1.807) is 0 Å². The summed E-state index contributed by atoms with van der Waals surface area (Å²) in [5, 5.41) is 4.11. The van der Waals surface area contributed by atoms with E-state index in [0.29, 0.717) is 24.6 Å². The Morgan fingerprint density at radius 3 is 2.59 bits per heavy atom. The molecule has 1 aliphatic rings. The fourth-order valence-corrected chi connectivity index (χ4v) is 4.36. The summed E-state index contributed by atoms with van der Waals surface area (Å²) in [6.45, 7) is 6.37. The number of aromatic nitrogens is 4. The zero-order valence-corrected chi connectivity index (χ0v) is 19.5. The van der Waals surface area contributed by atoms with Crippen molar-refractivity contribution in [2.24, 2.45) is 0 Å². The maximum atomic E-state index is 12.7. The molecule has 8 heteroatoms. The van der Waals surface area contributed by atoms with Crippen molar-refractivity contribution in [2.45, 2.75) is 32.6 Å². The highest BCUT2D eigenvalue weighted by molar-refractivity contribution is 5.77. The van der Waals surface area contributed by atoms with Gasteiger partial charge in [-0.15, -0.1) is 0 Å². The van der Waals surface area contributed by atoms with Gasteiger partial charge in [0, 0.05) is 51.0 Å². The summed E-state index contributed by atoms with van der Waals surface area (Å²) < 4.78 is 5.43. The number of carbonyl (C=O) groups is 1. The van der Waals surface area contributed by atoms with Gasteiger partial charge < -0.3 is 14.4 Å². The molecule has 2 aromatic heterocycles. The van der Waals surface area contributed by atoms with E-state index in [0.717, 1.165) is 68.0 Å². The second kappa shape index (κ2) is 10.2. The number of fused-ring (bicyclic) bond motifs is 1. The molecule has 2 aromatic carbocycles. The summed E-state index contributed by atoms with van der Waals surface area (Å²) >= 11 is 0. The molecule has 34 heavy (non-hydrogen) atoms. The number of rotatable bonds is 8. The quantitative estimate of drug-likeness (QED) is 0.434. The zero-order chi connectivity index (χ0) is 23.3. The molecule has 1 fully saturated rings. The van der Waals surface area contributed by atoms with Crippen LogP contribution in [-0.4, -0.2) is 68.5 Å². The summed E-state index contributed by atoms with van der Waals surface area (Å²) in [5.41, 5.74) is 4.15. The molecule has 1 N–H and O–H groups in total. The SMILES string of the molecule is Cc1ccc(-c2noc(CCCN3CCN(C(=O)CCc4nc5ccccc5[nH]4)CC3)n2)cc1. The van der Waals surface area contributed by atoms with Gasteiger partial charge in [0.2, 0.25) is 17.6 Å². The van der Waals surface area contributed by atoms with Crippen LogP contribution in [0, 0.1) is 6.92 Å². The highest BCUT2D eigenvalue weighted by Crippen LogP contribution is 2.17. The normalized spacial score (nSPS) is 14.7. The predicted molar refractivity (Wildman–Crippen MR) is 130 cm³/mol. The molecule has 1 saturated heterocycles. The third kappa shape index (κ3) is 5.34. The fourth-order valence-electron chi connectivity index (χ4n) is 4.36. The Kier molecular flexibility index (Phi) is 6.67. The van der Waals surface area contributed by atoms with Crippen LogP contribution in [0.4, 0.5) is 0 Å². The first kappa shape index (κ1) is 22.3. The van der Waals surface area contributed by atoms with Crippen LogP contribution in [0.25, 0.3) is 22.4 Å². The number of aryl methyl sites for hydroxylation is 3. The Labute approximate surface area is 199 Å². The van der Waals surface area contributed by atoms with Crippen molar-refractivity contribution in [2.75, 3.05) is 32.7 Å². The van der Waals surface area contributed by atoms with E-state index >= 15 is 0 Å². The van der Waals surface area contributed by atoms with E-state index in [1.807, 2.05) is 41.3 Å². The van der Waals surface area contributed by atoms with Crippen LogP contribution in [0.2, 0.25) is 0 Å². The van der Waals surface area contributed by atoms with Gasteiger partial charge in [0.1, 0.15) is 5.82 Å². The molecule has 0 aliphatic carbocycles. The van der Waals surface area contributed by atoms with Gasteiger partial charge in [-0.25, -0.2) is 4.98 Å². The second-order valence-corrected chi connectivity index (χ2v) is 8.90. The number of hydrogen-bond donors (Lipinski definition) is 1. The average Bonchev–Trinajstić information content (AvgIpc) is 3.50. The number of piperazine rings is 1. The number of nitrogens with one attached hydrogen (secondary N) is 1. The van der Waals surface area contributed by atoms with Crippen molar-refractivity contribution in [3.05, 3.63) is 65.8 Å². The number of aromatic amines is 1. The number of imidazole rings is 1. The molecular formula is C26H30N6O2. The van der Waals surface area contributed by atoms with Crippen LogP contribution in [0.1, 0.15) is 30.1 Å². The lowest BCUT2D eigenvalue weighted by Gasteiger charge is -2.34. The molecule has 5 rings (SSSR count). The first-order valence-electron chi connectivity index (χ1n) is 12.0. The van der Waals surface area contributed by atoms with Crippen LogP contribution in [0.3, 0.4) is 0 Å². The van der Waals surface area contributed by atoms with E-state index in [-0.39, 0.29) is 5.91 Å². The molecule has 0 spiro atoms. The van der Waals surface area contributed by atoms with Crippen molar-refractivity contribution >= 4 is 16.9 Å². The van der Waals surface area contributed by atoms with Gasteiger partial charge in [-0.2, -0.15) is 4.98 Å². The third-order valence-corrected chi connectivity index (χ3v) is 6.38. The van der Waals surface area contributed by atoms with Crippen molar-refractivity contribution in [3.8, 4) is 11.4 Å². The minimum absolute atomic E-state index is 0.203. The Morgan fingerprint density at radius 1 is 1.00 bits per heavy atom. The number of carbonyl (C=O) groups excluding carboxylic acids is 1. The molecule has 0 saturated carbocycles. The molecular weight excluding hydrogens is 428 g/mol. The minimum Gasteiger partial charge on any atom is -0.342 e. The molecule has 176 valence electrons. The van der Waals surface area contributed by atoms with Gasteiger partial charge in [0.15, 0.2) is 0 Å². The maximum absolute atomic E-state index is 12.7. The second-order valence-electron chi connectivity index (χ2n) is 8.90. The number of nitrogens with zero attached hydrogens (tertiary/aromatic N) is 5. The topological polar surface area (TPSA) is 91.2 Å². The highest BCUT2D eigenvalue weighted by Gasteiger charge is 2.21. The van der Waals surface area contributed by atoms with Crippen molar-refractivity contribution in [1.82, 2.24) is 29.9 Å². The lowest BCUT2D eigenvalue weighted by molar-refractivity contribution is -0.132. The molecule has 4 aromatic rings. The van der Waals surface area contributed by atoms with Gasteiger partial charge in [0.25, 0.3) is 0 Å². The van der Waals surface area contributed by atoms with E-state index in [9.17, 15) is 4.79 Å². The van der Waals surface area contributed by atoms with Crippen molar-refractivity contribution in [1.29, 1.82) is 0 Å². The predicted octanol–water partition coefficient (Wildman–Crippen LogP) is 3.63. The van der Waals surface area contributed by atoms with Crippen molar-refractivity contribution in [3.63, 3.8) is 0 Å². The molecule has 1 amide bonds. The van der Waals surface area contributed by atoms with Crippen LogP contribution < -0.4 is 0 Å². The van der Waals surface area contributed by atoms with Crippen molar-refractivity contribution < 1.29 is 9.32 Å². The third-order valence-electron chi connectivity index (χ3n) is 6.38. The summed E-state index contributed by atoms with van der Waals surface area (Å²) in [6, 6.07) is 16.1. The monoisotopic (exact) mass is 458 g/mol. The van der Waals surface area contributed by atoms with Crippen LogP contribution in [0.15, 0.2) is 53.1 Å².